The van der Waals surface area contributed by atoms with Crippen LogP contribution in [0.3, 0.4) is 0 Å². The van der Waals surface area contributed by atoms with Crippen molar-refractivity contribution in [3.63, 3.8) is 0 Å². The first-order chi connectivity index (χ1) is 12.7. The van der Waals surface area contributed by atoms with Crippen LogP contribution in [0.5, 0.6) is 0 Å². The number of primary amides is 1. The molecule has 6 nitrogen and oxygen atoms in total. The molecule has 0 fully saturated rings. The third-order valence-electron chi connectivity index (χ3n) is 3.46. The number of thiophene rings is 1. The number of ether oxygens (including phenoxy) is 1. The number of hydrogen-bond donors (Lipinski definition) is 2. The van der Waals surface area contributed by atoms with Gasteiger partial charge in [-0.25, -0.2) is 4.79 Å². The summed E-state index contributed by atoms with van der Waals surface area (Å²) in [6, 6.07) is 4.87. The maximum absolute atomic E-state index is 12.3. The monoisotopic (exact) mass is 426 g/mol. The minimum absolute atomic E-state index is 0.113. The van der Waals surface area contributed by atoms with Crippen molar-refractivity contribution in [3.8, 4) is 0 Å². The van der Waals surface area contributed by atoms with Crippen molar-refractivity contribution in [1.82, 2.24) is 0 Å². The van der Waals surface area contributed by atoms with Crippen molar-refractivity contribution >= 4 is 63.4 Å². The summed E-state index contributed by atoms with van der Waals surface area (Å²) < 4.78 is 5.00. The number of nitrogens with one attached hydrogen (secondary N) is 1. The highest BCUT2D eigenvalue weighted by Crippen LogP contribution is 2.33. The van der Waals surface area contributed by atoms with Gasteiger partial charge < -0.3 is 15.8 Å². The van der Waals surface area contributed by atoms with Gasteiger partial charge in [0.05, 0.1) is 17.0 Å². The van der Waals surface area contributed by atoms with Gasteiger partial charge in [-0.05, 0) is 43.2 Å². The number of anilines is 1. The second-order valence-electron chi connectivity index (χ2n) is 5.33. The van der Waals surface area contributed by atoms with Crippen LogP contribution in [-0.4, -0.2) is 24.4 Å². The average Bonchev–Trinajstić information content (AvgIpc) is 2.90. The van der Waals surface area contributed by atoms with Gasteiger partial charge in [0.25, 0.3) is 5.91 Å². The zero-order chi connectivity index (χ0) is 20.1. The summed E-state index contributed by atoms with van der Waals surface area (Å²) in [5, 5.41) is 3.64. The fourth-order valence-electron chi connectivity index (χ4n) is 2.24. The molecule has 2 aromatic rings. The van der Waals surface area contributed by atoms with E-state index in [1.807, 2.05) is 0 Å². The molecule has 0 atom stereocenters. The molecule has 0 bridgehead atoms. The number of carbonyl (C=O) groups is 3. The molecule has 3 N–H and O–H groups in total. The number of hydrogen-bond acceptors (Lipinski definition) is 5. The highest BCUT2D eigenvalue weighted by molar-refractivity contribution is 7.18. The Hall–Kier alpha value is -2.35. The Labute approximate surface area is 169 Å². The first-order valence-electron chi connectivity index (χ1n) is 7.79. The Morgan fingerprint density at radius 3 is 2.59 bits per heavy atom. The number of halogens is 2. The summed E-state index contributed by atoms with van der Waals surface area (Å²) in [5.41, 5.74) is 6.41. The standard InChI is InChI=1S/C18H16Cl2N2O4S/c1-3-26-18(25)14-9(2)15(16(21)24)27-17(14)22-13(23)7-5-10-4-6-11(19)8-12(10)20/h4-8H,3H2,1-2H3,(H2,21,24)(H,22,23)/b7-5+. The predicted octanol–water partition coefficient (Wildman–Crippen LogP) is 4.29. The number of benzene rings is 1. The lowest BCUT2D eigenvalue weighted by molar-refractivity contribution is -0.111. The maximum atomic E-state index is 12.3. The molecule has 27 heavy (non-hydrogen) atoms. The van der Waals surface area contributed by atoms with Gasteiger partial charge in [0.15, 0.2) is 0 Å². The number of esters is 1. The van der Waals surface area contributed by atoms with Gasteiger partial charge in [0, 0.05) is 16.1 Å². The van der Waals surface area contributed by atoms with Gasteiger partial charge in [0.2, 0.25) is 5.91 Å². The maximum Gasteiger partial charge on any atom is 0.341 e. The smallest absolute Gasteiger partial charge is 0.341 e. The Morgan fingerprint density at radius 1 is 1.30 bits per heavy atom. The quantitative estimate of drug-likeness (QED) is 0.531. The van der Waals surface area contributed by atoms with Gasteiger partial charge in [-0.3, -0.25) is 9.59 Å². The molecule has 0 unspecified atom stereocenters. The highest BCUT2D eigenvalue weighted by Gasteiger charge is 2.25. The predicted molar refractivity (Wildman–Crippen MR) is 108 cm³/mol. The van der Waals surface area contributed by atoms with E-state index in [1.165, 1.54) is 12.2 Å². The zero-order valence-corrected chi connectivity index (χ0v) is 16.8. The normalized spacial score (nSPS) is 10.8. The van der Waals surface area contributed by atoms with Crippen LogP contribution in [0.15, 0.2) is 24.3 Å². The van der Waals surface area contributed by atoms with Crippen LogP contribution in [0.25, 0.3) is 6.08 Å². The zero-order valence-electron chi connectivity index (χ0n) is 14.5. The molecule has 1 heterocycles. The molecule has 0 aliphatic heterocycles. The largest absolute Gasteiger partial charge is 0.462 e. The Bertz CT molecular complexity index is 938. The summed E-state index contributed by atoms with van der Waals surface area (Å²) >= 11 is 12.8. The van der Waals surface area contributed by atoms with Crippen molar-refractivity contribution in [1.29, 1.82) is 0 Å². The summed E-state index contributed by atoms with van der Waals surface area (Å²) in [7, 11) is 0. The van der Waals surface area contributed by atoms with Crippen molar-refractivity contribution in [2.75, 3.05) is 11.9 Å². The molecule has 142 valence electrons. The number of nitrogens with two attached hydrogens (primary N) is 1. The molecule has 2 amide bonds. The number of amides is 2. The highest BCUT2D eigenvalue weighted by atomic mass is 35.5. The van der Waals surface area contributed by atoms with E-state index in [9.17, 15) is 14.4 Å². The fourth-order valence-corrected chi connectivity index (χ4v) is 3.76. The first-order valence-corrected chi connectivity index (χ1v) is 9.36. The summed E-state index contributed by atoms with van der Waals surface area (Å²) in [5.74, 6) is -1.84. The third kappa shape index (κ3) is 5.09. The van der Waals surface area contributed by atoms with E-state index >= 15 is 0 Å². The average molecular weight is 427 g/mol. The lowest BCUT2D eigenvalue weighted by atomic mass is 10.1. The fraction of sp³-hybridized carbons (Fsp3) is 0.167. The van der Waals surface area contributed by atoms with Gasteiger partial charge >= 0.3 is 5.97 Å². The van der Waals surface area contributed by atoms with E-state index in [0.29, 0.717) is 21.2 Å². The van der Waals surface area contributed by atoms with E-state index < -0.39 is 17.8 Å². The van der Waals surface area contributed by atoms with Crippen molar-refractivity contribution in [2.45, 2.75) is 13.8 Å². The first kappa shape index (κ1) is 21.0. The number of carbonyl (C=O) groups excluding carboxylic acids is 3. The van der Waals surface area contributed by atoms with Crippen molar-refractivity contribution in [2.24, 2.45) is 5.73 Å². The SMILES string of the molecule is CCOC(=O)c1c(NC(=O)/C=C/c2ccc(Cl)cc2Cl)sc(C(N)=O)c1C. The molecule has 0 radical (unpaired) electrons. The molecular formula is C18H16Cl2N2O4S. The molecule has 2 rings (SSSR count). The Balaban J connectivity index is 2.28. The van der Waals surface area contributed by atoms with E-state index in [2.05, 4.69) is 5.32 Å². The van der Waals surface area contributed by atoms with Crippen molar-refractivity contribution in [3.05, 3.63) is 55.9 Å². The molecule has 0 aliphatic carbocycles. The second kappa shape index (κ2) is 9.03. The molecule has 1 aromatic heterocycles. The van der Waals surface area contributed by atoms with Crippen LogP contribution in [0.2, 0.25) is 10.0 Å². The lowest BCUT2D eigenvalue weighted by Crippen LogP contribution is -2.13. The van der Waals surface area contributed by atoms with Crippen LogP contribution < -0.4 is 11.1 Å². The molecule has 0 saturated carbocycles. The molecular weight excluding hydrogens is 411 g/mol. The van der Waals surface area contributed by atoms with Crippen LogP contribution in [0.4, 0.5) is 5.00 Å². The molecule has 0 spiro atoms. The van der Waals surface area contributed by atoms with Crippen LogP contribution >= 0.6 is 34.5 Å². The lowest BCUT2D eigenvalue weighted by Gasteiger charge is -2.05. The molecule has 0 aliphatic rings. The van der Waals surface area contributed by atoms with Gasteiger partial charge in [-0.15, -0.1) is 11.3 Å². The van der Waals surface area contributed by atoms with E-state index in [-0.39, 0.29) is 22.0 Å². The summed E-state index contributed by atoms with van der Waals surface area (Å²) in [4.78, 5) is 36.2. The third-order valence-corrected chi connectivity index (χ3v) is 5.25. The molecule has 1 aromatic carbocycles. The minimum Gasteiger partial charge on any atom is -0.462 e. The summed E-state index contributed by atoms with van der Waals surface area (Å²) in [6.07, 6.45) is 2.76. The van der Waals surface area contributed by atoms with E-state index in [1.54, 1.807) is 32.0 Å². The summed E-state index contributed by atoms with van der Waals surface area (Å²) in [6.45, 7) is 3.38. The molecule has 9 heteroatoms. The second-order valence-corrected chi connectivity index (χ2v) is 7.20. The van der Waals surface area contributed by atoms with E-state index in [0.717, 1.165) is 11.3 Å². The Kier molecular flexibility index (Phi) is 7.01. The van der Waals surface area contributed by atoms with Gasteiger partial charge in [-0.1, -0.05) is 29.3 Å². The van der Waals surface area contributed by atoms with Crippen LogP contribution in [-0.2, 0) is 9.53 Å². The van der Waals surface area contributed by atoms with E-state index in [4.69, 9.17) is 33.7 Å². The minimum atomic E-state index is -0.688. The topological polar surface area (TPSA) is 98.5 Å². The van der Waals surface area contributed by atoms with Crippen molar-refractivity contribution < 1.29 is 19.1 Å². The molecule has 0 saturated heterocycles. The van der Waals surface area contributed by atoms with Crippen LogP contribution in [0, 0.1) is 6.92 Å². The number of rotatable bonds is 6. The Morgan fingerprint density at radius 2 is 2.00 bits per heavy atom. The van der Waals surface area contributed by atoms with Crippen LogP contribution in [0.1, 0.15) is 38.1 Å². The van der Waals surface area contributed by atoms with Gasteiger partial charge in [0.1, 0.15) is 5.00 Å². The van der Waals surface area contributed by atoms with Gasteiger partial charge in [-0.2, -0.15) is 0 Å².